The summed E-state index contributed by atoms with van der Waals surface area (Å²) in [5, 5.41) is 11.2. The molecule has 0 fully saturated rings. The van der Waals surface area contributed by atoms with Gasteiger partial charge in [-0.3, -0.25) is 14.9 Å². The van der Waals surface area contributed by atoms with E-state index >= 15 is 0 Å². The molecule has 0 unspecified atom stereocenters. The number of Topliss-reactive ketones (excluding diaryl/α,β-unsaturated/α-hetero) is 1. The summed E-state index contributed by atoms with van der Waals surface area (Å²) in [5.74, 6) is -1.64. The first-order chi connectivity index (χ1) is 15.1. The lowest BCUT2D eigenvalue weighted by molar-refractivity contribution is -0.384. The molecule has 8 nitrogen and oxygen atoms in total. The third-order valence-corrected chi connectivity index (χ3v) is 6.70. The number of halogens is 2. The van der Waals surface area contributed by atoms with Crippen molar-refractivity contribution in [1.82, 2.24) is 0 Å². The number of ketones is 1. The maximum Gasteiger partial charge on any atom is 0.339 e. The smallest absolute Gasteiger partial charge is 0.339 e. The lowest BCUT2D eigenvalue weighted by Gasteiger charge is -2.11. The molecule has 0 amide bonds. The molecule has 0 aliphatic rings. The average Bonchev–Trinajstić information content (AvgIpc) is 2.77. The summed E-state index contributed by atoms with van der Waals surface area (Å²) < 4.78 is 31.0. The Morgan fingerprint density at radius 1 is 0.938 bits per heavy atom. The van der Waals surface area contributed by atoms with Crippen LogP contribution < -0.4 is 0 Å². The van der Waals surface area contributed by atoms with Crippen molar-refractivity contribution in [2.75, 3.05) is 6.61 Å². The molecule has 164 valence electrons. The van der Waals surface area contributed by atoms with Crippen LogP contribution in [0.25, 0.3) is 0 Å². The second-order valence-corrected chi connectivity index (χ2v) is 9.14. The van der Waals surface area contributed by atoms with Crippen LogP contribution in [0.3, 0.4) is 0 Å². The number of benzene rings is 3. The molecule has 3 aromatic carbocycles. The zero-order valence-corrected chi connectivity index (χ0v) is 18.4. The number of carbonyl (C=O) groups is 2. The number of sulfone groups is 1. The van der Waals surface area contributed by atoms with Crippen molar-refractivity contribution < 1.29 is 27.7 Å². The Labute approximate surface area is 192 Å². The highest BCUT2D eigenvalue weighted by molar-refractivity contribution is 7.91. The summed E-state index contributed by atoms with van der Waals surface area (Å²) in [7, 11) is -4.20. The lowest BCUT2D eigenvalue weighted by Crippen LogP contribution is -2.17. The van der Waals surface area contributed by atoms with Gasteiger partial charge in [0.15, 0.2) is 6.61 Å². The molecule has 0 N–H and O–H groups in total. The number of esters is 1. The Morgan fingerprint density at radius 3 is 2.22 bits per heavy atom. The summed E-state index contributed by atoms with van der Waals surface area (Å²) in [6.07, 6.45) is 0. The quantitative estimate of drug-likeness (QED) is 0.201. The van der Waals surface area contributed by atoms with Gasteiger partial charge in [-0.25, -0.2) is 13.2 Å². The third-order valence-electron chi connectivity index (χ3n) is 4.32. The van der Waals surface area contributed by atoms with Crippen molar-refractivity contribution in [3.8, 4) is 0 Å². The number of rotatable bonds is 7. The zero-order chi connectivity index (χ0) is 23.5. The maximum absolute atomic E-state index is 13.0. The second-order valence-electron chi connectivity index (χ2n) is 6.37. The van der Waals surface area contributed by atoms with Crippen molar-refractivity contribution in [2.45, 2.75) is 9.79 Å². The third kappa shape index (κ3) is 4.96. The van der Waals surface area contributed by atoms with E-state index in [1.165, 1.54) is 42.5 Å². The molecule has 0 atom stereocenters. The maximum atomic E-state index is 13.0. The largest absolute Gasteiger partial charge is 0.454 e. The van der Waals surface area contributed by atoms with Crippen molar-refractivity contribution >= 4 is 50.5 Å². The van der Waals surface area contributed by atoms with Crippen molar-refractivity contribution in [1.29, 1.82) is 0 Å². The van der Waals surface area contributed by atoms with E-state index in [0.29, 0.717) is 5.02 Å². The topological polar surface area (TPSA) is 121 Å². The van der Waals surface area contributed by atoms with Gasteiger partial charge in [0.05, 0.1) is 25.3 Å². The molecule has 0 bridgehead atoms. The normalized spacial score (nSPS) is 11.1. The van der Waals surface area contributed by atoms with E-state index in [-0.39, 0.29) is 31.6 Å². The van der Waals surface area contributed by atoms with Crippen LogP contribution >= 0.6 is 23.2 Å². The van der Waals surface area contributed by atoms with Crippen molar-refractivity contribution in [3.63, 3.8) is 0 Å². The molecule has 0 radical (unpaired) electrons. The van der Waals surface area contributed by atoms with E-state index < -0.39 is 33.1 Å². The molecule has 0 aromatic heterocycles. The summed E-state index contributed by atoms with van der Waals surface area (Å²) in [5.41, 5.74) is -0.479. The lowest BCUT2D eigenvalue weighted by atomic mass is 10.1. The van der Waals surface area contributed by atoms with Crippen molar-refractivity contribution in [2.24, 2.45) is 0 Å². The highest BCUT2D eigenvalue weighted by Gasteiger charge is 2.26. The van der Waals surface area contributed by atoms with E-state index in [2.05, 4.69) is 0 Å². The van der Waals surface area contributed by atoms with E-state index in [4.69, 9.17) is 27.9 Å². The van der Waals surface area contributed by atoms with Gasteiger partial charge in [-0.15, -0.1) is 0 Å². The molecule has 0 saturated heterocycles. The number of nitrogens with zero attached hydrogens (tertiary/aromatic N) is 1. The average molecular weight is 494 g/mol. The molecular weight excluding hydrogens is 481 g/mol. The number of hydrogen-bond acceptors (Lipinski definition) is 7. The minimum atomic E-state index is -4.20. The highest BCUT2D eigenvalue weighted by Crippen LogP contribution is 2.27. The van der Waals surface area contributed by atoms with Gasteiger partial charge in [0.1, 0.15) is 0 Å². The number of non-ortho nitro benzene ring substituents is 1. The molecule has 3 rings (SSSR count). The van der Waals surface area contributed by atoms with Gasteiger partial charge >= 0.3 is 5.97 Å². The fourth-order valence-corrected chi connectivity index (χ4v) is 4.71. The van der Waals surface area contributed by atoms with Crippen LogP contribution in [0.5, 0.6) is 0 Å². The Bertz CT molecular complexity index is 1320. The Balaban J connectivity index is 1.84. The Morgan fingerprint density at radius 2 is 1.59 bits per heavy atom. The number of hydrogen-bond donors (Lipinski definition) is 0. The first-order valence-electron chi connectivity index (χ1n) is 8.85. The van der Waals surface area contributed by atoms with Crippen LogP contribution in [-0.2, 0) is 14.6 Å². The number of nitro benzene ring substituents is 1. The second kappa shape index (κ2) is 9.47. The van der Waals surface area contributed by atoms with Crippen LogP contribution in [0.1, 0.15) is 20.7 Å². The molecule has 0 heterocycles. The Kier molecular flexibility index (Phi) is 6.93. The van der Waals surface area contributed by atoms with Gasteiger partial charge in [0, 0.05) is 22.7 Å². The van der Waals surface area contributed by atoms with Crippen LogP contribution in [0.4, 0.5) is 5.69 Å². The molecule has 0 aliphatic carbocycles. The van der Waals surface area contributed by atoms with Gasteiger partial charge in [-0.1, -0.05) is 35.3 Å². The van der Waals surface area contributed by atoms with Gasteiger partial charge in [-0.05, 0) is 42.5 Å². The van der Waals surface area contributed by atoms with Gasteiger partial charge in [0.2, 0.25) is 15.6 Å². The molecule has 0 saturated carbocycles. The van der Waals surface area contributed by atoms with E-state index in [0.717, 1.165) is 24.3 Å². The number of nitro groups is 1. The van der Waals surface area contributed by atoms with Crippen LogP contribution in [-0.4, -0.2) is 31.7 Å². The summed E-state index contributed by atoms with van der Waals surface area (Å²) >= 11 is 11.8. The number of carbonyl (C=O) groups excluding carboxylic acids is 2. The van der Waals surface area contributed by atoms with Crippen LogP contribution in [0.15, 0.2) is 76.5 Å². The van der Waals surface area contributed by atoms with E-state index in [1.54, 1.807) is 0 Å². The summed E-state index contributed by atoms with van der Waals surface area (Å²) in [6, 6.07) is 13.7. The Hall–Kier alpha value is -3.27. The number of ether oxygens (including phenoxy) is 1. The molecule has 0 aliphatic heterocycles. The molecule has 3 aromatic rings. The fourth-order valence-electron chi connectivity index (χ4n) is 2.75. The summed E-state index contributed by atoms with van der Waals surface area (Å²) in [6.45, 7) is -0.675. The predicted molar refractivity (Wildman–Crippen MR) is 116 cm³/mol. The first kappa shape index (κ1) is 23.4. The van der Waals surface area contributed by atoms with Gasteiger partial charge in [-0.2, -0.15) is 0 Å². The predicted octanol–water partition coefficient (Wildman–Crippen LogP) is 4.77. The van der Waals surface area contributed by atoms with Crippen LogP contribution in [0.2, 0.25) is 10.0 Å². The standard InChI is InChI=1S/C21H13Cl2NO7S/c22-13-5-10-16(18(23)11-13)19(25)12-31-21(26)17-3-1-2-4-20(17)32(29,30)15-8-6-14(7-9-15)24(27)28/h1-11H,12H2. The molecular formula is C21H13Cl2NO7S. The first-order valence-corrected chi connectivity index (χ1v) is 11.1. The molecule has 32 heavy (non-hydrogen) atoms. The zero-order valence-electron chi connectivity index (χ0n) is 16.0. The van der Waals surface area contributed by atoms with Gasteiger partial charge in [0.25, 0.3) is 5.69 Å². The molecule has 11 heteroatoms. The van der Waals surface area contributed by atoms with E-state index in [9.17, 15) is 28.1 Å². The minimum absolute atomic E-state index is 0.0831. The SMILES string of the molecule is O=C(COC(=O)c1ccccc1S(=O)(=O)c1ccc([N+](=O)[O-])cc1)c1ccc(Cl)cc1Cl. The van der Waals surface area contributed by atoms with Crippen molar-refractivity contribution in [3.05, 3.63) is 98.0 Å². The molecule has 0 spiro atoms. The highest BCUT2D eigenvalue weighted by atomic mass is 35.5. The summed E-state index contributed by atoms with van der Waals surface area (Å²) in [4.78, 5) is 34.4. The van der Waals surface area contributed by atoms with Gasteiger partial charge < -0.3 is 4.74 Å². The minimum Gasteiger partial charge on any atom is -0.454 e. The monoisotopic (exact) mass is 493 g/mol. The fraction of sp³-hybridized carbons (Fsp3) is 0.0476. The van der Waals surface area contributed by atoms with E-state index in [1.807, 2.05) is 0 Å². The van der Waals surface area contributed by atoms with Crippen LogP contribution in [0, 0.1) is 10.1 Å².